The molecule has 0 saturated heterocycles. The van der Waals surface area contributed by atoms with Crippen molar-refractivity contribution in [1.82, 2.24) is 9.38 Å². The molecule has 0 aliphatic carbocycles. The van der Waals surface area contributed by atoms with E-state index < -0.39 is 0 Å². The fourth-order valence-electron chi connectivity index (χ4n) is 2.16. The molecule has 0 unspecified atom stereocenters. The summed E-state index contributed by atoms with van der Waals surface area (Å²) in [5.41, 5.74) is 8.45. The van der Waals surface area contributed by atoms with Gasteiger partial charge in [-0.2, -0.15) is 0 Å². The van der Waals surface area contributed by atoms with E-state index in [9.17, 15) is 4.39 Å². The van der Waals surface area contributed by atoms with E-state index in [4.69, 9.17) is 28.9 Å². The van der Waals surface area contributed by atoms with Crippen LogP contribution < -0.4 is 5.73 Å². The van der Waals surface area contributed by atoms with E-state index in [1.165, 1.54) is 12.3 Å². The van der Waals surface area contributed by atoms with Gasteiger partial charge in [0.05, 0.1) is 16.4 Å². The molecule has 0 amide bonds. The van der Waals surface area contributed by atoms with Crippen molar-refractivity contribution in [2.24, 2.45) is 5.73 Å². The van der Waals surface area contributed by atoms with E-state index in [-0.39, 0.29) is 12.4 Å². The molecule has 3 aromatic rings. The van der Waals surface area contributed by atoms with Crippen molar-refractivity contribution in [2.75, 3.05) is 0 Å². The number of pyridine rings is 1. The van der Waals surface area contributed by atoms with Crippen molar-refractivity contribution in [3.63, 3.8) is 0 Å². The zero-order valence-electron chi connectivity index (χ0n) is 10.3. The van der Waals surface area contributed by atoms with Gasteiger partial charge in [-0.1, -0.05) is 23.2 Å². The van der Waals surface area contributed by atoms with Crippen LogP contribution in [-0.4, -0.2) is 9.38 Å². The van der Waals surface area contributed by atoms with E-state index in [0.29, 0.717) is 27.1 Å². The highest BCUT2D eigenvalue weighted by atomic mass is 35.5. The summed E-state index contributed by atoms with van der Waals surface area (Å²) in [5, 5.41) is 1.03. The lowest BCUT2D eigenvalue weighted by Gasteiger charge is -2.05. The van der Waals surface area contributed by atoms with Gasteiger partial charge in [0.25, 0.3) is 0 Å². The smallest absolute Gasteiger partial charge is 0.139 e. The second-order valence-corrected chi connectivity index (χ2v) is 5.15. The number of nitrogens with zero attached hydrogens (tertiary/aromatic N) is 2. The van der Waals surface area contributed by atoms with Gasteiger partial charge < -0.3 is 5.73 Å². The summed E-state index contributed by atoms with van der Waals surface area (Å²) < 4.78 is 15.0. The summed E-state index contributed by atoms with van der Waals surface area (Å²) in [6, 6.07) is 8.11. The molecule has 3 nitrogen and oxygen atoms in total. The summed E-state index contributed by atoms with van der Waals surface area (Å²) >= 11 is 12.1. The molecule has 0 aliphatic heterocycles. The summed E-state index contributed by atoms with van der Waals surface area (Å²) in [6.07, 6.45) is 1.36. The monoisotopic (exact) mass is 309 g/mol. The minimum absolute atomic E-state index is 0.221. The number of fused-ring (bicyclic) bond motifs is 1. The fraction of sp³-hybridized carbons (Fsp3) is 0.0714. The summed E-state index contributed by atoms with van der Waals surface area (Å²) in [6.45, 7) is 0.221. The van der Waals surface area contributed by atoms with E-state index >= 15 is 0 Å². The van der Waals surface area contributed by atoms with Crippen LogP contribution in [0.25, 0.3) is 16.9 Å². The topological polar surface area (TPSA) is 43.3 Å². The number of aromatic nitrogens is 2. The lowest BCUT2D eigenvalue weighted by Crippen LogP contribution is -2.03. The number of hydrogen-bond donors (Lipinski definition) is 1. The third kappa shape index (κ3) is 2.16. The van der Waals surface area contributed by atoms with Crippen molar-refractivity contribution in [2.45, 2.75) is 6.54 Å². The van der Waals surface area contributed by atoms with Crippen LogP contribution in [0.2, 0.25) is 10.0 Å². The van der Waals surface area contributed by atoms with Crippen molar-refractivity contribution in [1.29, 1.82) is 0 Å². The molecule has 2 N–H and O–H groups in total. The molecule has 20 heavy (non-hydrogen) atoms. The van der Waals surface area contributed by atoms with E-state index in [1.807, 2.05) is 0 Å². The number of rotatable bonds is 2. The molecule has 2 aromatic heterocycles. The average Bonchev–Trinajstić information content (AvgIpc) is 2.76. The van der Waals surface area contributed by atoms with E-state index in [2.05, 4.69) is 4.98 Å². The molecule has 1 aromatic carbocycles. The van der Waals surface area contributed by atoms with Crippen LogP contribution in [0.5, 0.6) is 0 Å². The van der Waals surface area contributed by atoms with Gasteiger partial charge in [0.15, 0.2) is 0 Å². The van der Waals surface area contributed by atoms with Crippen LogP contribution in [0.3, 0.4) is 0 Å². The maximum Gasteiger partial charge on any atom is 0.139 e. The summed E-state index contributed by atoms with van der Waals surface area (Å²) in [5.74, 6) is -0.349. The number of imidazole rings is 1. The quantitative estimate of drug-likeness (QED) is 0.780. The molecule has 0 atom stereocenters. The molecule has 0 bridgehead atoms. The van der Waals surface area contributed by atoms with E-state index in [0.717, 1.165) is 5.56 Å². The van der Waals surface area contributed by atoms with E-state index in [1.54, 1.807) is 28.7 Å². The van der Waals surface area contributed by atoms with Crippen LogP contribution >= 0.6 is 23.2 Å². The molecular formula is C14H10Cl2FN3. The summed E-state index contributed by atoms with van der Waals surface area (Å²) in [4.78, 5) is 4.47. The number of nitrogens with two attached hydrogens (primary N) is 1. The third-order valence-corrected chi connectivity index (χ3v) is 3.61. The fourth-order valence-corrected chi connectivity index (χ4v) is 2.66. The first-order valence-corrected chi connectivity index (χ1v) is 6.67. The van der Waals surface area contributed by atoms with Gasteiger partial charge in [-0.15, -0.1) is 0 Å². The molecule has 0 saturated carbocycles. The minimum Gasteiger partial charge on any atom is -0.325 e. The molecule has 0 spiro atoms. The Morgan fingerprint density at radius 2 is 2.00 bits per heavy atom. The van der Waals surface area contributed by atoms with Gasteiger partial charge in [-0.3, -0.25) is 4.40 Å². The van der Waals surface area contributed by atoms with Crippen molar-refractivity contribution in [3.8, 4) is 11.3 Å². The molecule has 2 heterocycles. The van der Waals surface area contributed by atoms with Crippen molar-refractivity contribution >= 4 is 28.8 Å². The van der Waals surface area contributed by atoms with Crippen LogP contribution in [0, 0.1) is 5.82 Å². The summed E-state index contributed by atoms with van der Waals surface area (Å²) in [7, 11) is 0. The van der Waals surface area contributed by atoms with Gasteiger partial charge in [-0.25, -0.2) is 9.37 Å². The zero-order valence-corrected chi connectivity index (χ0v) is 11.8. The molecular weight excluding hydrogens is 300 g/mol. The highest BCUT2D eigenvalue weighted by Crippen LogP contribution is 2.32. The first kappa shape index (κ1) is 13.4. The highest BCUT2D eigenvalue weighted by molar-refractivity contribution is 6.36. The molecule has 0 fully saturated rings. The van der Waals surface area contributed by atoms with Gasteiger partial charge >= 0.3 is 0 Å². The Bertz CT molecular complexity index is 798. The highest BCUT2D eigenvalue weighted by Gasteiger charge is 2.15. The number of hydrogen-bond acceptors (Lipinski definition) is 2. The Hall–Kier alpha value is -1.62. The van der Waals surface area contributed by atoms with Crippen LogP contribution in [0.4, 0.5) is 4.39 Å². The van der Waals surface area contributed by atoms with Gasteiger partial charge in [0, 0.05) is 23.3 Å². The van der Waals surface area contributed by atoms with Crippen molar-refractivity contribution < 1.29 is 4.39 Å². The SMILES string of the molecule is NCc1c(-c2ccc(Cl)cc2Cl)nc2ccc(F)cn12. The van der Waals surface area contributed by atoms with Crippen LogP contribution in [0.15, 0.2) is 36.5 Å². The maximum atomic E-state index is 13.4. The Kier molecular flexibility index (Phi) is 3.38. The Balaban J connectivity index is 2.30. The molecule has 0 aliphatic rings. The predicted molar refractivity (Wildman–Crippen MR) is 78.5 cm³/mol. The second kappa shape index (κ2) is 5.05. The number of benzene rings is 1. The van der Waals surface area contributed by atoms with Crippen molar-refractivity contribution in [3.05, 3.63) is 58.1 Å². The van der Waals surface area contributed by atoms with Gasteiger partial charge in [0.1, 0.15) is 11.5 Å². The second-order valence-electron chi connectivity index (χ2n) is 4.31. The van der Waals surface area contributed by atoms with Gasteiger partial charge in [-0.05, 0) is 30.3 Å². The normalized spacial score (nSPS) is 11.2. The molecule has 102 valence electrons. The average molecular weight is 310 g/mol. The maximum absolute atomic E-state index is 13.4. The Labute approximate surface area is 124 Å². The predicted octanol–water partition coefficient (Wildman–Crippen LogP) is 3.91. The van der Waals surface area contributed by atoms with Gasteiger partial charge in [0.2, 0.25) is 0 Å². The standard InChI is InChI=1S/C14H10Cl2FN3/c15-8-1-3-10(11(16)5-8)14-12(6-18)20-7-9(17)2-4-13(20)19-14/h1-5,7H,6,18H2. The lowest BCUT2D eigenvalue weighted by atomic mass is 10.1. The first-order chi connectivity index (χ1) is 9.60. The number of halogens is 3. The first-order valence-electron chi connectivity index (χ1n) is 5.92. The molecule has 0 radical (unpaired) electrons. The largest absolute Gasteiger partial charge is 0.325 e. The molecule has 6 heteroatoms. The zero-order chi connectivity index (χ0) is 14.3. The van der Waals surface area contributed by atoms with Crippen LogP contribution in [0.1, 0.15) is 5.69 Å². The Morgan fingerprint density at radius 1 is 1.20 bits per heavy atom. The van der Waals surface area contributed by atoms with Crippen LogP contribution in [-0.2, 0) is 6.54 Å². The third-order valence-electron chi connectivity index (χ3n) is 3.06. The lowest BCUT2D eigenvalue weighted by molar-refractivity contribution is 0.618. The molecule has 3 rings (SSSR count). The Morgan fingerprint density at radius 3 is 2.70 bits per heavy atom. The minimum atomic E-state index is -0.349.